The number of rotatable bonds is 1. The summed E-state index contributed by atoms with van der Waals surface area (Å²) in [6.07, 6.45) is 0. The number of hydrogen-bond acceptors (Lipinski definition) is 3. The van der Waals surface area contributed by atoms with Crippen LogP contribution in [-0.4, -0.2) is 12.1 Å². The zero-order chi connectivity index (χ0) is 8.43. The fourth-order valence-electron chi connectivity index (χ4n) is 0.686. The first-order valence-electron chi connectivity index (χ1n) is 2.87. The molecule has 0 unspecified atom stereocenters. The Hall–Kier alpha value is -0.740. The second kappa shape index (κ2) is 3.11. The van der Waals surface area contributed by atoms with Gasteiger partial charge in [0.2, 0.25) is 0 Å². The fourth-order valence-corrected chi connectivity index (χ4v) is 1.15. The fraction of sp³-hybridized carbons (Fsp3) is 0.167. The van der Waals surface area contributed by atoms with E-state index >= 15 is 0 Å². The molecule has 3 N–H and O–H groups in total. The average molecular weight is 191 g/mol. The molecule has 0 spiro atoms. The Morgan fingerprint density at radius 2 is 2.36 bits per heavy atom. The van der Waals surface area contributed by atoms with Gasteiger partial charge in [0, 0.05) is 6.07 Å². The van der Waals surface area contributed by atoms with Gasteiger partial charge in [-0.15, -0.1) is 0 Å². The van der Waals surface area contributed by atoms with E-state index < -0.39 is 0 Å². The standard InChI is InChI=1S/C6H7ClN2OS/c1-10-3-2-4(7)9-6(11)5(3)8/h2H,8H2,1H3,(H,9,11). The van der Waals surface area contributed by atoms with Crippen LogP contribution in [0.5, 0.6) is 5.75 Å². The highest BCUT2D eigenvalue weighted by atomic mass is 35.5. The molecule has 3 nitrogen and oxygen atoms in total. The van der Waals surface area contributed by atoms with E-state index in [1.165, 1.54) is 7.11 Å². The smallest absolute Gasteiger partial charge is 0.147 e. The third-order valence-corrected chi connectivity index (χ3v) is 1.75. The van der Waals surface area contributed by atoms with Crippen LogP contribution in [0, 0.1) is 4.64 Å². The summed E-state index contributed by atoms with van der Waals surface area (Å²) in [5.74, 6) is 0.499. The molecule has 0 atom stereocenters. The molecular weight excluding hydrogens is 184 g/mol. The van der Waals surface area contributed by atoms with Crippen molar-refractivity contribution in [3.63, 3.8) is 0 Å². The SMILES string of the molecule is COc1cc(Cl)[nH]c(=S)c1N. The minimum Gasteiger partial charge on any atom is -0.494 e. The normalized spacial score (nSPS) is 9.64. The van der Waals surface area contributed by atoms with Crippen LogP contribution in [0.3, 0.4) is 0 Å². The van der Waals surface area contributed by atoms with Gasteiger partial charge in [-0.2, -0.15) is 0 Å². The van der Waals surface area contributed by atoms with Gasteiger partial charge in [-0.25, -0.2) is 0 Å². The van der Waals surface area contributed by atoms with Crippen molar-refractivity contribution in [2.45, 2.75) is 0 Å². The van der Waals surface area contributed by atoms with E-state index in [2.05, 4.69) is 4.98 Å². The van der Waals surface area contributed by atoms with E-state index in [4.69, 9.17) is 34.3 Å². The lowest BCUT2D eigenvalue weighted by atomic mass is 10.4. The monoisotopic (exact) mass is 190 g/mol. The van der Waals surface area contributed by atoms with Gasteiger partial charge in [-0.3, -0.25) is 0 Å². The van der Waals surface area contributed by atoms with E-state index in [0.29, 0.717) is 21.2 Å². The first-order valence-corrected chi connectivity index (χ1v) is 3.66. The van der Waals surface area contributed by atoms with Gasteiger partial charge < -0.3 is 15.5 Å². The zero-order valence-electron chi connectivity index (χ0n) is 5.85. The molecule has 1 heterocycles. The number of aromatic nitrogens is 1. The van der Waals surface area contributed by atoms with Gasteiger partial charge in [-0.05, 0) is 0 Å². The summed E-state index contributed by atoms with van der Waals surface area (Å²) in [6.45, 7) is 0. The quantitative estimate of drug-likeness (QED) is 0.526. The van der Waals surface area contributed by atoms with Crippen LogP contribution in [0.25, 0.3) is 0 Å². The topological polar surface area (TPSA) is 51.0 Å². The highest BCUT2D eigenvalue weighted by Gasteiger charge is 2.01. The van der Waals surface area contributed by atoms with Crippen molar-refractivity contribution < 1.29 is 4.74 Å². The molecule has 0 bridgehead atoms. The predicted molar refractivity (Wildman–Crippen MR) is 47.6 cm³/mol. The lowest BCUT2D eigenvalue weighted by Crippen LogP contribution is -1.94. The molecule has 1 rings (SSSR count). The Bertz CT molecular complexity index is 323. The molecule has 0 aromatic carbocycles. The van der Waals surface area contributed by atoms with Crippen molar-refractivity contribution >= 4 is 29.5 Å². The molecule has 0 fully saturated rings. The van der Waals surface area contributed by atoms with Crippen LogP contribution in [0.15, 0.2) is 6.07 Å². The molecular formula is C6H7ClN2OS. The lowest BCUT2D eigenvalue weighted by molar-refractivity contribution is 0.416. The second-order valence-corrected chi connectivity index (χ2v) is 2.74. The molecule has 0 saturated heterocycles. The van der Waals surface area contributed by atoms with Crippen LogP contribution in [0.2, 0.25) is 5.15 Å². The summed E-state index contributed by atoms with van der Waals surface area (Å²) in [7, 11) is 1.51. The number of nitrogens with one attached hydrogen (secondary N) is 1. The van der Waals surface area contributed by atoms with Crippen LogP contribution < -0.4 is 10.5 Å². The maximum Gasteiger partial charge on any atom is 0.147 e. The number of H-pyrrole nitrogens is 1. The van der Waals surface area contributed by atoms with E-state index in [9.17, 15) is 0 Å². The zero-order valence-corrected chi connectivity index (χ0v) is 7.42. The summed E-state index contributed by atoms with van der Waals surface area (Å²) in [5.41, 5.74) is 5.95. The Morgan fingerprint density at radius 1 is 1.73 bits per heavy atom. The van der Waals surface area contributed by atoms with Gasteiger partial charge in [-0.1, -0.05) is 23.8 Å². The van der Waals surface area contributed by atoms with Crippen molar-refractivity contribution in [3.05, 3.63) is 15.9 Å². The largest absolute Gasteiger partial charge is 0.494 e. The summed E-state index contributed by atoms with van der Waals surface area (Å²) >= 11 is 10.5. The van der Waals surface area contributed by atoms with E-state index in [1.54, 1.807) is 6.07 Å². The molecule has 5 heteroatoms. The number of aromatic amines is 1. The molecule has 11 heavy (non-hydrogen) atoms. The van der Waals surface area contributed by atoms with E-state index in [1.807, 2.05) is 0 Å². The first kappa shape index (κ1) is 8.36. The highest BCUT2D eigenvalue weighted by molar-refractivity contribution is 7.71. The molecule has 60 valence electrons. The van der Waals surface area contributed by atoms with Crippen molar-refractivity contribution in [2.75, 3.05) is 12.8 Å². The van der Waals surface area contributed by atoms with Crippen LogP contribution >= 0.6 is 23.8 Å². The molecule has 1 aromatic heterocycles. The van der Waals surface area contributed by atoms with Crippen LogP contribution in [0.4, 0.5) is 5.69 Å². The molecule has 0 aliphatic carbocycles. The number of ether oxygens (including phenoxy) is 1. The maximum absolute atomic E-state index is 5.64. The van der Waals surface area contributed by atoms with E-state index in [0.717, 1.165) is 0 Å². The summed E-state index contributed by atoms with van der Waals surface area (Å²) in [6, 6.07) is 1.58. The van der Waals surface area contributed by atoms with Gasteiger partial charge in [0.1, 0.15) is 21.2 Å². The second-order valence-electron chi connectivity index (χ2n) is 1.93. The minimum atomic E-state index is 0.398. The number of halogens is 1. The van der Waals surface area contributed by atoms with E-state index in [-0.39, 0.29) is 0 Å². The highest BCUT2D eigenvalue weighted by Crippen LogP contribution is 2.23. The molecule has 0 amide bonds. The van der Waals surface area contributed by atoms with Gasteiger partial charge >= 0.3 is 0 Å². The van der Waals surface area contributed by atoms with Crippen molar-refractivity contribution in [2.24, 2.45) is 0 Å². The maximum atomic E-state index is 5.64. The van der Waals surface area contributed by atoms with Gasteiger partial charge in [0.05, 0.1) is 7.11 Å². The Balaban J connectivity index is 3.36. The Morgan fingerprint density at radius 3 is 2.91 bits per heavy atom. The molecule has 0 aliphatic heterocycles. The number of nitrogens with two attached hydrogens (primary N) is 1. The first-order chi connectivity index (χ1) is 5.15. The lowest BCUT2D eigenvalue weighted by Gasteiger charge is -2.03. The number of anilines is 1. The van der Waals surface area contributed by atoms with Crippen LogP contribution in [0.1, 0.15) is 0 Å². The number of methoxy groups -OCH3 is 1. The molecule has 0 radical (unpaired) electrons. The predicted octanol–water partition coefficient (Wildman–Crippen LogP) is 1.99. The van der Waals surface area contributed by atoms with Crippen molar-refractivity contribution in [1.82, 2.24) is 4.98 Å². The Labute approximate surface area is 74.1 Å². The van der Waals surface area contributed by atoms with Gasteiger partial charge in [0.25, 0.3) is 0 Å². The van der Waals surface area contributed by atoms with Gasteiger partial charge in [0.15, 0.2) is 0 Å². The van der Waals surface area contributed by atoms with Crippen LogP contribution in [-0.2, 0) is 0 Å². The average Bonchev–Trinajstić information content (AvgIpc) is 1.96. The third-order valence-electron chi connectivity index (χ3n) is 1.22. The van der Waals surface area contributed by atoms with Crippen molar-refractivity contribution in [3.8, 4) is 5.75 Å². The summed E-state index contributed by atoms with van der Waals surface area (Å²) in [4.78, 5) is 2.69. The Kier molecular flexibility index (Phi) is 2.36. The third kappa shape index (κ3) is 1.64. The summed E-state index contributed by atoms with van der Waals surface area (Å²) < 4.78 is 5.31. The van der Waals surface area contributed by atoms with Crippen molar-refractivity contribution in [1.29, 1.82) is 0 Å². The number of hydrogen-bond donors (Lipinski definition) is 2. The summed E-state index contributed by atoms with van der Waals surface area (Å²) in [5, 5.41) is 0.418. The minimum absolute atomic E-state index is 0.398. The number of pyridine rings is 1. The molecule has 0 saturated carbocycles. The number of nitrogen functional groups attached to an aromatic ring is 1. The molecule has 0 aliphatic rings. The molecule has 1 aromatic rings.